The van der Waals surface area contributed by atoms with Crippen LogP contribution in [0.1, 0.15) is 24.8 Å². The molecule has 0 bridgehead atoms. The van der Waals surface area contributed by atoms with Gasteiger partial charge in [-0.1, -0.05) is 36.8 Å². The molecule has 118 valence electrons. The van der Waals surface area contributed by atoms with E-state index < -0.39 is 0 Å². The van der Waals surface area contributed by atoms with Gasteiger partial charge in [-0.05, 0) is 24.8 Å². The summed E-state index contributed by atoms with van der Waals surface area (Å²) in [5, 5.41) is 4.68. The highest BCUT2D eigenvalue weighted by Crippen LogP contribution is 2.05. The van der Waals surface area contributed by atoms with Crippen LogP contribution in [0.25, 0.3) is 0 Å². The maximum absolute atomic E-state index is 11.7. The Labute approximate surface area is 131 Å². The highest BCUT2D eigenvalue weighted by molar-refractivity contribution is 5.96. The summed E-state index contributed by atoms with van der Waals surface area (Å²) < 4.78 is 0. The quantitative estimate of drug-likeness (QED) is 0.781. The summed E-state index contributed by atoms with van der Waals surface area (Å²) in [6.07, 6.45) is 6.76. The first-order chi connectivity index (χ1) is 10.7. The molecule has 1 aromatic rings. The molecule has 0 aromatic heterocycles. The maximum atomic E-state index is 11.7. The fraction of sp³-hybridized carbons (Fsp3) is 0.412. The first kappa shape index (κ1) is 16.2. The van der Waals surface area contributed by atoms with Crippen LogP contribution in [0.4, 0.5) is 0 Å². The van der Waals surface area contributed by atoms with Gasteiger partial charge in [-0.2, -0.15) is 0 Å². The molecule has 0 aliphatic carbocycles. The maximum Gasteiger partial charge on any atom is 0.258 e. The van der Waals surface area contributed by atoms with Gasteiger partial charge in [0.15, 0.2) is 0 Å². The molecule has 22 heavy (non-hydrogen) atoms. The molecule has 1 heterocycles. The van der Waals surface area contributed by atoms with E-state index in [1.807, 2.05) is 35.3 Å². The van der Waals surface area contributed by atoms with E-state index in [0.29, 0.717) is 6.54 Å². The molecule has 0 unspecified atom stereocenters. The van der Waals surface area contributed by atoms with Crippen molar-refractivity contribution >= 4 is 11.8 Å². The van der Waals surface area contributed by atoms with Gasteiger partial charge in [-0.25, -0.2) is 5.01 Å². The van der Waals surface area contributed by atoms with E-state index in [4.69, 9.17) is 0 Å². The second kappa shape index (κ2) is 9.00. The van der Waals surface area contributed by atoms with Gasteiger partial charge in [0, 0.05) is 31.8 Å². The Morgan fingerprint density at radius 1 is 1.00 bits per heavy atom. The molecule has 0 spiro atoms. The van der Waals surface area contributed by atoms with E-state index in [1.54, 1.807) is 0 Å². The number of piperidine rings is 1. The molecule has 2 N–H and O–H groups in total. The van der Waals surface area contributed by atoms with Crippen LogP contribution in [0.15, 0.2) is 42.5 Å². The van der Waals surface area contributed by atoms with Crippen molar-refractivity contribution in [1.29, 1.82) is 0 Å². The van der Waals surface area contributed by atoms with Crippen molar-refractivity contribution in [2.75, 3.05) is 19.6 Å². The SMILES string of the molecule is O=C(/C=C\C(=O)NN1CCCCC1)NCCc1ccccc1. The number of hydrogen-bond acceptors (Lipinski definition) is 3. The Kier molecular flexibility index (Phi) is 6.64. The Morgan fingerprint density at radius 2 is 1.68 bits per heavy atom. The molecule has 1 aliphatic heterocycles. The molecule has 1 aromatic carbocycles. The molecule has 2 amide bonds. The zero-order chi connectivity index (χ0) is 15.6. The monoisotopic (exact) mass is 301 g/mol. The van der Waals surface area contributed by atoms with Crippen LogP contribution in [-0.2, 0) is 16.0 Å². The molecule has 5 heteroatoms. The lowest BCUT2D eigenvalue weighted by Gasteiger charge is -2.26. The van der Waals surface area contributed by atoms with Crippen LogP contribution < -0.4 is 10.7 Å². The number of carbonyl (C=O) groups is 2. The number of benzene rings is 1. The highest BCUT2D eigenvalue weighted by Gasteiger charge is 2.11. The minimum atomic E-state index is -0.250. The van der Waals surface area contributed by atoms with Crippen LogP contribution in [0.5, 0.6) is 0 Å². The van der Waals surface area contributed by atoms with Crippen molar-refractivity contribution in [2.24, 2.45) is 0 Å². The Bertz CT molecular complexity index is 508. The van der Waals surface area contributed by atoms with E-state index in [1.165, 1.54) is 24.1 Å². The minimum absolute atomic E-state index is 0.246. The van der Waals surface area contributed by atoms with E-state index in [9.17, 15) is 9.59 Å². The van der Waals surface area contributed by atoms with Crippen molar-refractivity contribution in [2.45, 2.75) is 25.7 Å². The van der Waals surface area contributed by atoms with Crippen LogP contribution in [0, 0.1) is 0 Å². The fourth-order valence-electron chi connectivity index (χ4n) is 2.38. The number of hydrazine groups is 1. The average molecular weight is 301 g/mol. The van der Waals surface area contributed by atoms with Crippen molar-refractivity contribution in [3.8, 4) is 0 Å². The molecule has 1 fully saturated rings. The highest BCUT2D eigenvalue weighted by atomic mass is 16.2. The third-order valence-electron chi connectivity index (χ3n) is 3.57. The van der Waals surface area contributed by atoms with Crippen molar-refractivity contribution < 1.29 is 9.59 Å². The smallest absolute Gasteiger partial charge is 0.258 e. The Hall–Kier alpha value is -2.14. The number of nitrogens with one attached hydrogen (secondary N) is 2. The second-order valence-corrected chi connectivity index (χ2v) is 5.38. The van der Waals surface area contributed by atoms with Crippen molar-refractivity contribution in [3.63, 3.8) is 0 Å². The van der Waals surface area contributed by atoms with Crippen LogP contribution in [-0.4, -0.2) is 36.5 Å². The first-order valence-electron chi connectivity index (χ1n) is 7.79. The summed E-state index contributed by atoms with van der Waals surface area (Å²) in [4.78, 5) is 23.3. The van der Waals surface area contributed by atoms with Crippen molar-refractivity contribution in [1.82, 2.24) is 15.8 Å². The number of nitrogens with zero attached hydrogens (tertiary/aromatic N) is 1. The largest absolute Gasteiger partial charge is 0.352 e. The molecular weight excluding hydrogens is 278 g/mol. The second-order valence-electron chi connectivity index (χ2n) is 5.38. The van der Waals surface area contributed by atoms with Gasteiger partial charge in [-0.3, -0.25) is 15.0 Å². The lowest BCUT2D eigenvalue weighted by molar-refractivity contribution is -0.122. The summed E-state index contributed by atoms with van der Waals surface area (Å²) in [5.41, 5.74) is 3.96. The van der Waals surface area contributed by atoms with Crippen LogP contribution in [0.2, 0.25) is 0 Å². The summed E-state index contributed by atoms with van der Waals surface area (Å²) in [7, 11) is 0. The Morgan fingerprint density at radius 3 is 2.41 bits per heavy atom. The van der Waals surface area contributed by atoms with Crippen LogP contribution in [0.3, 0.4) is 0 Å². The molecule has 1 aliphatic rings. The van der Waals surface area contributed by atoms with E-state index in [2.05, 4.69) is 10.7 Å². The number of rotatable bonds is 6. The summed E-state index contributed by atoms with van der Waals surface area (Å²) in [5.74, 6) is -0.496. The molecule has 0 radical (unpaired) electrons. The third kappa shape index (κ3) is 6.10. The number of carbonyl (C=O) groups excluding carboxylic acids is 2. The predicted octanol–water partition coefficient (Wildman–Crippen LogP) is 1.42. The summed E-state index contributed by atoms with van der Waals surface area (Å²) >= 11 is 0. The van der Waals surface area contributed by atoms with E-state index in [-0.39, 0.29) is 11.8 Å². The first-order valence-corrected chi connectivity index (χ1v) is 7.79. The lowest BCUT2D eigenvalue weighted by Crippen LogP contribution is -2.44. The molecule has 1 saturated heterocycles. The minimum Gasteiger partial charge on any atom is -0.352 e. The standard InChI is InChI=1S/C17H23N3O2/c21-16(18-12-11-15-7-3-1-4-8-15)9-10-17(22)19-20-13-5-2-6-14-20/h1,3-4,7-10H,2,5-6,11-14H2,(H,18,21)(H,19,22)/b10-9-. The van der Waals surface area contributed by atoms with Gasteiger partial charge in [0.05, 0.1) is 0 Å². The van der Waals surface area contributed by atoms with Gasteiger partial charge in [0.25, 0.3) is 5.91 Å². The molecule has 5 nitrogen and oxygen atoms in total. The topological polar surface area (TPSA) is 61.4 Å². The normalized spacial score (nSPS) is 15.6. The molecular formula is C17H23N3O2. The summed E-state index contributed by atoms with van der Waals surface area (Å²) in [6, 6.07) is 9.96. The predicted molar refractivity (Wildman–Crippen MR) is 85.9 cm³/mol. The van der Waals surface area contributed by atoms with E-state index >= 15 is 0 Å². The molecule has 2 rings (SSSR count). The van der Waals surface area contributed by atoms with E-state index in [0.717, 1.165) is 32.4 Å². The van der Waals surface area contributed by atoms with Gasteiger partial charge in [0.1, 0.15) is 0 Å². The number of hydrogen-bond donors (Lipinski definition) is 2. The average Bonchev–Trinajstić information content (AvgIpc) is 2.55. The van der Waals surface area contributed by atoms with Crippen LogP contribution >= 0.6 is 0 Å². The zero-order valence-corrected chi connectivity index (χ0v) is 12.8. The van der Waals surface area contributed by atoms with Gasteiger partial charge in [0.2, 0.25) is 5.91 Å². The Balaban J connectivity index is 1.64. The van der Waals surface area contributed by atoms with Gasteiger partial charge < -0.3 is 5.32 Å². The number of amides is 2. The van der Waals surface area contributed by atoms with Crippen molar-refractivity contribution in [3.05, 3.63) is 48.0 Å². The zero-order valence-electron chi connectivity index (χ0n) is 12.8. The lowest BCUT2D eigenvalue weighted by atomic mass is 10.1. The van der Waals surface area contributed by atoms with Gasteiger partial charge >= 0.3 is 0 Å². The molecule has 0 saturated carbocycles. The summed E-state index contributed by atoms with van der Waals surface area (Å²) in [6.45, 7) is 2.31. The van der Waals surface area contributed by atoms with Gasteiger partial charge in [-0.15, -0.1) is 0 Å². The third-order valence-corrected chi connectivity index (χ3v) is 3.57. The fourth-order valence-corrected chi connectivity index (χ4v) is 2.38. The molecule has 0 atom stereocenters.